The highest BCUT2D eigenvalue weighted by Gasteiger charge is 2.49. The van der Waals surface area contributed by atoms with Gasteiger partial charge in [-0.25, -0.2) is 29.4 Å². The van der Waals surface area contributed by atoms with Gasteiger partial charge >= 0.3 is 17.9 Å². The van der Waals surface area contributed by atoms with Crippen LogP contribution in [0.25, 0.3) is 0 Å². The second-order valence-electron chi connectivity index (χ2n) is 31.7. The summed E-state index contributed by atoms with van der Waals surface area (Å²) in [5.74, 6) is 1.84. The molecule has 4 aromatic carbocycles. The summed E-state index contributed by atoms with van der Waals surface area (Å²) in [6.07, 6.45) is 7.44. The van der Waals surface area contributed by atoms with Gasteiger partial charge < -0.3 is 77.2 Å². The number of nitrogens with zero attached hydrogens (tertiary/aromatic N) is 12. The number of aliphatic imine (C=N–C) groups is 2. The number of benzene rings is 4. The van der Waals surface area contributed by atoms with Crippen molar-refractivity contribution in [1.82, 2.24) is 29.6 Å². The smallest absolute Gasteiger partial charge is 0.416 e. The molecule has 656 valence electrons. The largest absolute Gasteiger partial charge is 0.493 e. The predicted octanol–water partition coefficient (Wildman–Crippen LogP) is 14.8. The Kier molecular flexibility index (Phi) is 28.4. The second-order valence-corrected chi connectivity index (χ2v) is 37.4. The van der Waals surface area contributed by atoms with Gasteiger partial charge in [0.05, 0.1) is 143 Å². The highest BCUT2D eigenvalue weighted by Crippen LogP contribution is 2.49. The van der Waals surface area contributed by atoms with E-state index < -0.39 is 67.9 Å². The van der Waals surface area contributed by atoms with Crippen molar-refractivity contribution in [3.63, 3.8) is 0 Å². The third kappa shape index (κ3) is 20.3. The third-order valence-corrected chi connectivity index (χ3v) is 27.8. The van der Waals surface area contributed by atoms with E-state index in [4.69, 9.17) is 47.4 Å². The molecule has 6 atom stereocenters. The summed E-state index contributed by atoms with van der Waals surface area (Å²) in [7, 11) is 10.9. The average Bonchev–Trinajstić information content (AvgIpc) is 1.58. The number of hydrogen-bond acceptors (Lipinski definition) is 30. The summed E-state index contributed by atoms with van der Waals surface area (Å²) < 4.78 is 57.2. The monoisotopic (exact) mass is 1780 g/mol. The molecule has 6 amide bonds. The van der Waals surface area contributed by atoms with E-state index in [2.05, 4.69) is 46.3 Å². The van der Waals surface area contributed by atoms with Gasteiger partial charge in [-0.3, -0.25) is 49.4 Å². The predicted molar refractivity (Wildman–Crippen MR) is 469 cm³/mol. The summed E-state index contributed by atoms with van der Waals surface area (Å²) in [6.45, 7) is 25.9. The third-order valence-electron chi connectivity index (χ3n) is 21.4. The molecule has 8 aliphatic heterocycles. The van der Waals surface area contributed by atoms with E-state index in [1.54, 1.807) is 66.4 Å². The minimum absolute atomic E-state index is 0.0872. The molecule has 0 unspecified atom stereocenters. The van der Waals surface area contributed by atoms with E-state index >= 15 is 0 Å². The first-order valence-corrected chi connectivity index (χ1v) is 44.2. The Morgan fingerprint density at radius 2 is 0.879 bits per heavy atom. The summed E-state index contributed by atoms with van der Waals surface area (Å²) in [5.41, 5.74) is 5.57. The number of anilines is 2. The van der Waals surface area contributed by atoms with Gasteiger partial charge in [-0.2, -0.15) is 0 Å². The van der Waals surface area contributed by atoms with Gasteiger partial charge in [-0.15, -0.1) is 0 Å². The first-order valence-electron chi connectivity index (χ1n) is 39.9. The number of nitro groups is 2. The lowest BCUT2D eigenvalue weighted by Crippen LogP contribution is -2.51. The molecule has 8 aliphatic rings. The molecule has 124 heavy (non-hydrogen) atoms. The van der Waals surface area contributed by atoms with Crippen molar-refractivity contribution < 1.29 is 96.2 Å². The van der Waals surface area contributed by atoms with Crippen LogP contribution in [0.2, 0.25) is 0 Å². The number of rotatable bonds is 32. The molecule has 34 nitrogen and oxygen atoms in total. The molecule has 6 aromatic rings. The van der Waals surface area contributed by atoms with Crippen LogP contribution < -0.4 is 47.7 Å². The fourth-order valence-electron chi connectivity index (χ4n) is 15.2. The van der Waals surface area contributed by atoms with Crippen LogP contribution in [0, 0.1) is 20.2 Å². The summed E-state index contributed by atoms with van der Waals surface area (Å²) in [6, 6.07) is 16.8. The van der Waals surface area contributed by atoms with Crippen LogP contribution in [0.3, 0.4) is 0 Å². The number of unbranched alkanes of at least 4 members (excludes halogenated alkanes) is 4. The molecule has 0 radical (unpaired) electrons. The van der Waals surface area contributed by atoms with E-state index in [9.17, 15) is 59.2 Å². The number of methoxy groups -OCH3 is 4. The van der Waals surface area contributed by atoms with Crippen molar-refractivity contribution in [2.75, 3.05) is 104 Å². The molecule has 38 heteroatoms. The Bertz CT molecular complexity index is 5270. The lowest BCUT2D eigenvalue weighted by molar-refractivity contribution is -0.388. The van der Waals surface area contributed by atoms with Crippen molar-refractivity contribution in [2.24, 2.45) is 9.98 Å². The fourth-order valence-corrected chi connectivity index (χ4v) is 19.3. The lowest BCUT2D eigenvalue weighted by atomic mass is 10.1. The van der Waals surface area contributed by atoms with Gasteiger partial charge in [0.15, 0.2) is 63.5 Å². The van der Waals surface area contributed by atoms with E-state index in [0.717, 1.165) is 49.3 Å². The van der Waals surface area contributed by atoms with Crippen molar-refractivity contribution in [3.05, 3.63) is 176 Å². The number of ether oxygens (including phenoxy) is 10. The van der Waals surface area contributed by atoms with Gasteiger partial charge in [-0.05, 0) is 150 Å². The number of amides is 6. The van der Waals surface area contributed by atoms with Gasteiger partial charge in [-0.1, -0.05) is 70.2 Å². The summed E-state index contributed by atoms with van der Waals surface area (Å²) >= 11 is 0. The molecule has 0 spiro atoms. The second kappa shape index (κ2) is 39.1. The molecule has 0 bridgehead atoms. The first kappa shape index (κ1) is 90.2. The SMILES string of the molecule is C=C1C[C@H]2C=Nc3cc(OCCCCCOc4cc5c(cc4OC)C(=O)N4CC(=C)C[C@H]4[C@H](O)N5C(=O)OCC(C)(C)SSc4ccc([N+](=O)[O-])cn4)c(OC)cc3C(=O)N2C1.C=C1C[C@H]2C=Nc3cc(OCCCCCOc4cc5c(cc4OC)C(=O)N4CC(=C)C[C@H]4[C@H](O)N5C(=O)OCC(C)(C)SSc4ncccc4[N+](=O)[O-])c(OC)cc3C(=O)N2C1. The maximum absolute atomic E-state index is 14.0. The van der Waals surface area contributed by atoms with Crippen LogP contribution in [0.5, 0.6) is 46.0 Å². The van der Waals surface area contributed by atoms with Crippen LogP contribution >= 0.6 is 43.2 Å². The quantitative estimate of drug-likeness (QED) is 0.0130. The maximum atomic E-state index is 14.0. The molecule has 2 N–H and O–H groups in total. The van der Waals surface area contributed by atoms with E-state index in [-0.39, 0.29) is 138 Å². The molecule has 2 aromatic heterocycles. The number of hydrogen-bond donors (Lipinski definition) is 2. The van der Waals surface area contributed by atoms with Crippen LogP contribution in [0.1, 0.15) is 133 Å². The van der Waals surface area contributed by atoms with Crippen LogP contribution in [-0.2, 0) is 9.47 Å². The zero-order valence-electron chi connectivity index (χ0n) is 69.7. The van der Waals surface area contributed by atoms with E-state index in [0.29, 0.717) is 122 Å². The molecular formula is C86H96N12O22S4. The standard InChI is InChI=1S/2C43H48N6O11S2/c1-25-15-27-21-45-30-19-36(34(56-5)17-28(30)39(50)46(27)22-25)58-13-8-7-9-14-59-37-20-32-29(18-35(37)57-6)40(51)47-23-26(2)16-33(47)41(52)48(32)42(53)60-24-43(3,4)62-61-38-31(49(54)55)11-10-12-44-38;1-25-14-28-21-44-31-18-36(34(56-5)16-29(31)39(50)46(28)22-25)58-12-8-7-9-13-59-37-19-32-30(17-35(37)57-6)40(51)47-23-26(2)15-33(47)41(52)48(32)42(53)60-24-43(3,4)62-61-38-11-10-27(20-45-38)49(54)55/h10-12,17-21,27,33,41,52H,1-2,7-9,13-16,22-24H2,3-6H3;10-11,16-21,28,33,41,52H,1-2,7-9,12-15,22-24H2,3-6H3/t27-,33-,41-;28-,33-,41-/m00/s1. The first-order chi connectivity index (χ1) is 59.4. The normalized spacial score (nSPS) is 19.3. The van der Waals surface area contributed by atoms with Crippen LogP contribution in [0.15, 0.2) is 154 Å². The Labute approximate surface area is 731 Å². The molecule has 0 saturated carbocycles. The Hall–Kier alpha value is -11.6. The zero-order chi connectivity index (χ0) is 88.6. The number of carbonyl (C=O) groups is 6. The van der Waals surface area contributed by atoms with E-state index in [1.807, 2.05) is 13.8 Å². The number of aliphatic hydroxyl groups is 2. The van der Waals surface area contributed by atoms with Gasteiger partial charge in [0, 0.05) is 81.2 Å². The molecule has 14 rings (SSSR count). The minimum atomic E-state index is -1.49. The number of pyridine rings is 2. The molecule has 0 aliphatic carbocycles. The van der Waals surface area contributed by atoms with Crippen molar-refractivity contribution in [2.45, 2.75) is 148 Å². The number of aliphatic hydroxyl groups excluding tert-OH is 2. The van der Waals surface area contributed by atoms with Gasteiger partial charge in [0.25, 0.3) is 29.3 Å². The number of carbonyl (C=O) groups excluding carboxylic acids is 6. The highest BCUT2D eigenvalue weighted by atomic mass is 33.1. The minimum Gasteiger partial charge on any atom is -0.493 e. The van der Waals surface area contributed by atoms with Gasteiger partial charge in [0.2, 0.25) is 0 Å². The molecule has 4 fully saturated rings. The average molecular weight is 1780 g/mol. The highest BCUT2D eigenvalue weighted by molar-refractivity contribution is 8.77. The number of aromatic nitrogens is 2. The fraction of sp³-hybridized carbons (Fsp3) is 0.419. The summed E-state index contributed by atoms with van der Waals surface area (Å²) in [4.78, 5) is 130. The Balaban J connectivity index is 0.000000213. The van der Waals surface area contributed by atoms with Gasteiger partial charge in [0.1, 0.15) is 24.4 Å². The van der Waals surface area contributed by atoms with E-state index in [1.165, 1.54) is 125 Å². The zero-order valence-corrected chi connectivity index (χ0v) is 73.0. The molecular weight excluding hydrogens is 1680 g/mol. The molecule has 10 heterocycles. The van der Waals surface area contributed by atoms with Crippen molar-refractivity contribution in [1.29, 1.82) is 0 Å². The molecule has 4 saturated heterocycles. The number of fused-ring (bicyclic) bond motifs is 8. The van der Waals surface area contributed by atoms with Crippen molar-refractivity contribution >= 4 is 126 Å². The lowest BCUT2D eigenvalue weighted by Gasteiger charge is -2.32. The Morgan fingerprint density at radius 3 is 1.27 bits per heavy atom. The van der Waals surface area contributed by atoms with Crippen LogP contribution in [0.4, 0.5) is 43.7 Å². The van der Waals surface area contributed by atoms with Crippen molar-refractivity contribution in [3.8, 4) is 46.0 Å². The van der Waals surface area contributed by atoms with Crippen LogP contribution in [-0.4, -0.2) is 238 Å². The summed E-state index contributed by atoms with van der Waals surface area (Å²) in [5, 5.41) is 46.8. The Morgan fingerprint density at radius 1 is 0.492 bits per heavy atom. The topological polar surface area (TPSA) is 391 Å². The maximum Gasteiger partial charge on any atom is 0.416 e.